The van der Waals surface area contributed by atoms with Gasteiger partial charge in [0.25, 0.3) is 0 Å². The first-order valence-electron chi connectivity index (χ1n) is 4.90. The van der Waals surface area contributed by atoms with Crippen LogP contribution in [0.5, 0.6) is 0 Å². The van der Waals surface area contributed by atoms with Gasteiger partial charge >= 0.3 is 0 Å². The van der Waals surface area contributed by atoms with Crippen LogP contribution < -0.4 is 5.32 Å². The molecular formula is C9H15N3OS. The van der Waals surface area contributed by atoms with Crippen LogP contribution in [0.15, 0.2) is 12.4 Å². The van der Waals surface area contributed by atoms with Crippen molar-refractivity contribution < 1.29 is 4.21 Å². The van der Waals surface area contributed by atoms with Crippen LogP contribution in [0.1, 0.15) is 18.5 Å². The molecule has 1 N–H and O–H groups in total. The standard InChI is InChI=1S/C9H15N3OS/c1-2-12-6-8(5-11-12)9-7-14(13)4-3-10-9/h5-6,9-10H,2-4,7H2,1H3/t9-,14-/m0/s1. The highest BCUT2D eigenvalue weighted by Crippen LogP contribution is 2.15. The summed E-state index contributed by atoms with van der Waals surface area (Å²) >= 11 is 0. The Morgan fingerprint density at radius 1 is 1.79 bits per heavy atom. The van der Waals surface area contributed by atoms with Gasteiger partial charge in [-0.3, -0.25) is 8.89 Å². The highest BCUT2D eigenvalue weighted by atomic mass is 32.2. The van der Waals surface area contributed by atoms with E-state index in [1.807, 2.05) is 17.1 Å². The summed E-state index contributed by atoms with van der Waals surface area (Å²) in [7, 11) is -0.663. The summed E-state index contributed by atoms with van der Waals surface area (Å²) in [5, 5.41) is 7.57. The number of hydrogen-bond acceptors (Lipinski definition) is 3. The quantitative estimate of drug-likeness (QED) is 0.768. The summed E-state index contributed by atoms with van der Waals surface area (Å²) < 4.78 is 13.3. The molecule has 2 atom stereocenters. The number of nitrogens with zero attached hydrogens (tertiary/aromatic N) is 2. The zero-order chi connectivity index (χ0) is 9.97. The second-order valence-electron chi connectivity index (χ2n) is 3.45. The molecule has 2 heterocycles. The Bertz CT molecular complexity index is 337. The van der Waals surface area contributed by atoms with Gasteiger partial charge in [-0.25, -0.2) is 0 Å². The van der Waals surface area contributed by atoms with Crippen LogP contribution in [0.3, 0.4) is 0 Å². The van der Waals surface area contributed by atoms with Crippen molar-refractivity contribution in [3.8, 4) is 0 Å². The van der Waals surface area contributed by atoms with E-state index < -0.39 is 10.8 Å². The van der Waals surface area contributed by atoms with Crippen molar-refractivity contribution in [2.75, 3.05) is 18.1 Å². The molecule has 14 heavy (non-hydrogen) atoms. The molecule has 0 bridgehead atoms. The van der Waals surface area contributed by atoms with E-state index in [2.05, 4.69) is 17.3 Å². The lowest BCUT2D eigenvalue weighted by Crippen LogP contribution is -2.36. The van der Waals surface area contributed by atoms with Crippen molar-refractivity contribution in [2.45, 2.75) is 19.5 Å². The fourth-order valence-corrected chi connectivity index (χ4v) is 2.82. The highest BCUT2D eigenvalue weighted by molar-refractivity contribution is 7.85. The smallest absolute Gasteiger partial charge is 0.0537 e. The normalized spacial score (nSPS) is 27.8. The summed E-state index contributed by atoms with van der Waals surface area (Å²) in [4.78, 5) is 0. The number of aryl methyl sites for hydroxylation is 1. The highest BCUT2D eigenvalue weighted by Gasteiger charge is 2.20. The largest absolute Gasteiger partial charge is 0.308 e. The first-order valence-corrected chi connectivity index (χ1v) is 6.39. The first-order chi connectivity index (χ1) is 6.79. The minimum Gasteiger partial charge on any atom is -0.308 e. The summed E-state index contributed by atoms with van der Waals surface area (Å²) in [6.45, 7) is 3.79. The van der Waals surface area contributed by atoms with E-state index in [0.29, 0.717) is 0 Å². The maximum Gasteiger partial charge on any atom is 0.0537 e. The predicted octanol–water partition coefficient (Wildman–Crippen LogP) is 0.296. The van der Waals surface area contributed by atoms with Crippen LogP contribution in [-0.2, 0) is 17.3 Å². The molecule has 78 valence electrons. The molecule has 0 aliphatic carbocycles. The van der Waals surface area contributed by atoms with Gasteiger partial charge in [0.05, 0.1) is 6.20 Å². The minimum absolute atomic E-state index is 0.227. The van der Waals surface area contributed by atoms with Crippen LogP contribution in [0.2, 0.25) is 0 Å². The van der Waals surface area contributed by atoms with Gasteiger partial charge in [0, 0.05) is 53.2 Å². The molecule has 1 saturated heterocycles. The van der Waals surface area contributed by atoms with Crippen LogP contribution in [0, 0.1) is 0 Å². The van der Waals surface area contributed by atoms with Gasteiger partial charge in [0.15, 0.2) is 0 Å². The van der Waals surface area contributed by atoms with Crippen molar-refractivity contribution in [3.63, 3.8) is 0 Å². The Kier molecular flexibility index (Phi) is 2.98. The Hall–Kier alpha value is -0.680. The van der Waals surface area contributed by atoms with Gasteiger partial charge in [-0.15, -0.1) is 0 Å². The fraction of sp³-hybridized carbons (Fsp3) is 0.667. The maximum absolute atomic E-state index is 11.4. The minimum atomic E-state index is -0.663. The summed E-state index contributed by atoms with van der Waals surface area (Å²) in [6, 6.07) is 0.227. The van der Waals surface area contributed by atoms with Gasteiger partial charge in [0.2, 0.25) is 0 Å². The van der Waals surface area contributed by atoms with E-state index in [0.717, 1.165) is 30.2 Å². The van der Waals surface area contributed by atoms with E-state index in [9.17, 15) is 4.21 Å². The lowest BCUT2D eigenvalue weighted by molar-refractivity contribution is 0.570. The second kappa shape index (κ2) is 4.23. The Morgan fingerprint density at radius 2 is 2.64 bits per heavy atom. The third-order valence-corrected chi connectivity index (χ3v) is 3.82. The second-order valence-corrected chi connectivity index (χ2v) is 5.07. The molecule has 1 aromatic heterocycles. The SMILES string of the molecule is CCn1cc([C@@H]2C[S@@](=O)CCN2)cn1. The molecule has 0 spiro atoms. The third kappa shape index (κ3) is 2.04. The molecule has 2 rings (SSSR count). The van der Waals surface area contributed by atoms with Crippen LogP contribution in [0.25, 0.3) is 0 Å². The van der Waals surface area contributed by atoms with E-state index in [1.165, 1.54) is 0 Å². The molecule has 0 unspecified atom stereocenters. The predicted molar refractivity (Wildman–Crippen MR) is 56.5 cm³/mol. The summed E-state index contributed by atoms with van der Waals surface area (Å²) in [6.07, 6.45) is 3.89. The van der Waals surface area contributed by atoms with E-state index in [-0.39, 0.29) is 6.04 Å². The topological polar surface area (TPSA) is 46.9 Å². The van der Waals surface area contributed by atoms with Gasteiger partial charge in [-0.1, -0.05) is 0 Å². The van der Waals surface area contributed by atoms with Crippen molar-refractivity contribution in [1.82, 2.24) is 15.1 Å². The van der Waals surface area contributed by atoms with Gasteiger partial charge < -0.3 is 5.32 Å². The van der Waals surface area contributed by atoms with Crippen LogP contribution >= 0.6 is 0 Å². The molecule has 0 radical (unpaired) electrons. The van der Waals surface area contributed by atoms with Gasteiger partial charge in [0.1, 0.15) is 0 Å². The number of aromatic nitrogens is 2. The third-order valence-electron chi connectivity index (χ3n) is 2.45. The molecule has 0 saturated carbocycles. The Balaban J connectivity index is 2.09. The maximum atomic E-state index is 11.4. The van der Waals surface area contributed by atoms with Gasteiger partial charge in [-0.2, -0.15) is 5.10 Å². The van der Waals surface area contributed by atoms with Crippen LogP contribution in [-0.4, -0.2) is 32.0 Å². The Morgan fingerprint density at radius 3 is 3.29 bits per heavy atom. The number of nitrogens with one attached hydrogen (secondary N) is 1. The molecule has 1 aromatic rings. The molecular weight excluding hydrogens is 198 g/mol. The molecule has 1 aliphatic heterocycles. The number of rotatable bonds is 2. The molecule has 0 aromatic carbocycles. The van der Waals surface area contributed by atoms with E-state index in [1.54, 1.807) is 0 Å². The monoisotopic (exact) mass is 213 g/mol. The van der Waals surface area contributed by atoms with Gasteiger partial charge in [-0.05, 0) is 6.92 Å². The van der Waals surface area contributed by atoms with Crippen molar-refractivity contribution >= 4 is 10.8 Å². The summed E-state index contributed by atoms with van der Waals surface area (Å²) in [5.41, 5.74) is 1.15. The fourth-order valence-electron chi connectivity index (χ4n) is 1.62. The zero-order valence-corrected chi connectivity index (χ0v) is 9.09. The average molecular weight is 213 g/mol. The lowest BCUT2D eigenvalue weighted by Gasteiger charge is -2.21. The molecule has 5 heteroatoms. The van der Waals surface area contributed by atoms with Crippen molar-refractivity contribution in [2.24, 2.45) is 0 Å². The molecule has 1 aliphatic rings. The molecule has 4 nitrogen and oxygen atoms in total. The van der Waals surface area contributed by atoms with E-state index >= 15 is 0 Å². The average Bonchev–Trinajstić information content (AvgIpc) is 2.66. The first kappa shape index (κ1) is 9.86. The molecule has 0 amide bonds. The van der Waals surface area contributed by atoms with Crippen molar-refractivity contribution in [1.29, 1.82) is 0 Å². The van der Waals surface area contributed by atoms with E-state index in [4.69, 9.17) is 0 Å². The molecule has 1 fully saturated rings. The number of hydrogen-bond donors (Lipinski definition) is 1. The van der Waals surface area contributed by atoms with Crippen LogP contribution in [0.4, 0.5) is 0 Å². The lowest BCUT2D eigenvalue weighted by atomic mass is 10.2. The van der Waals surface area contributed by atoms with Crippen molar-refractivity contribution in [3.05, 3.63) is 18.0 Å². The summed E-state index contributed by atoms with van der Waals surface area (Å²) in [5.74, 6) is 1.49. The zero-order valence-electron chi connectivity index (χ0n) is 8.27. The Labute approximate surface area is 86.1 Å².